The molecule has 2 aromatic carbocycles. The third-order valence-electron chi connectivity index (χ3n) is 4.98. The van der Waals surface area contributed by atoms with Crippen molar-refractivity contribution in [3.63, 3.8) is 0 Å². The number of fused-ring (bicyclic) bond motifs is 1. The third kappa shape index (κ3) is 2.64. The zero-order chi connectivity index (χ0) is 17.3. The molecule has 1 aliphatic rings. The molecule has 5 rings (SSSR count). The second-order valence-electron chi connectivity index (χ2n) is 6.73. The van der Waals surface area contributed by atoms with E-state index in [1.807, 2.05) is 28.8 Å². The van der Waals surface area contributed by atoms with E-state index in [4.69, 9.17) is 10.1 Å². The summed E-state index contributed by atoms with van der Waals surface area (Å²) in [5, 5.41) is 4.87. The lowest BCUT2D eigenvalue weighted by Crippen LogP contribution is -2.21. The second kappa shape index (κ2) is 6.30. The summed E-state index contributed by atoms with van der Waals surface area (Å²) in [5.41, 5.74) is 5.11. The van der Waals surface area contributed by atoms with Gasteiger partial charge in [-0.05, 0) is 12.8 Å². The zero-order valence-electron chi connectivity index (χ0n) is 14.5. The van der Waals surface area contributed by atoms with Crippen LogP contribution in [0.2, 0.25) is 0 Å². The van der Waals surface area contributed by atoms with Crippen LogP contribution in [0.1, 0.15) is 12.8 Å². The topological polar surface area (TPSA) is 33.4 Å². The number of benzene rings is 2. The summed E-state index contributed by atoms with van der Waals surface area (Å²) in [6, 6.07) is 24.9. The first-order chi connectivity index (χ1) is 12.9. The van der Waals surface area contributed by atoms with Crippen molar-refractivity contribution < 1.29 is 0 Å². The second-order valence-corrected chi connectivity index (χ2v) is 6.73. The first-order valence-corrected chi connectivity index (χ1v) is 9.15. The highest BCUT2D eigenvalue weighted by molar-refractivity contribution is 5.71. The van der Waals surface area contributed by atoms with E-state index in [1.54, 1.807) is 0 Å². The van der Waals surface area contributed by atoms with Gasteiger partial charge in [-0.15, -0.1) is 0 Å². The van der Waals surface area contributed by atoms with Crippen LogP contribution in [0.3, 0.4) is 0 Å². The van der Waals surface area contributed by atoms with Gasteiger partial charge >= 0.3 is 0 Å². The molecule has 0 N–H and O–H groups in total. The van der Waals surface area contributed by atoms with Crippen LogP contribution in [-0.2, 0) is 0 Å². The van der Waals surface area contributed by atoms with E-state index in [-0.39, 0.29) is 0 Å². The predicted molar refractivity (Wildman–Crippen MR) is 105 cm³/mol. The Morgan fingerprint density at radius 1 is 0.692 bits per heavy atom. The highest BCUT2D eigenvalue weighted by Crippen LogP contribution is 2.29. The molecule has 0 amide bonds. The largest absolute Gasteiger partial charge is 0.356 e. The maximum absolute atomic E-state index is 4.90. The minimum absolute atomic E-state index is 0.895. The van der Waals surface area contributed by atoms with Gasteiger partial charge in [0.05, 0.1) is 11.4 Å². The molecule has 4 aromatic rings. The highest BCUT2D eigenvalue weighted by Gasteiger charge is 2.19. The van der Waals surface area contributed by atoms with Gasteiger partial charge in [0.2, 0.25) is 0 Å². The van der Waals surface area contributed by atoms with E-state index in [2.05, 4.69) is 53.4 Å². The molecular weight excluding hydrogens is 320 g/mol. The van der Waals surface area contributed by atoms with Crippen LogP contribution in [0, 0.1) is 0 Å². The Bertz CT molecular complexity index is 1030. The quantitative estimate of drug-likeness (QED) is 0.544. The molecular formula is C22H20N4. The Balaban J connectivity index is 1.71. The number of aromatic nitrogens is 3. The standard InChI is InChI=1S/C22H20N4/c1-3-9-17(10-4-1)19-16-22(25-13-7-8-14-25)26-21(23-19)15-20(24-26)18-11-5-2-6-12-18/h1-6,9-12,15-16H,7-8,13-14H2. The molecule has 0 unspecified atom stereocenters. The van der Waals surface area contributed by atoms with Crippen molar-refractivity contribution in [1.29, 1.82) is 0 Å². The van der Waals surface area contributed by atoms with Gasteiger partial charge in [-0.2, -0.15) is 9.61 Å². The van der Waals surface area contributed by atoms with Crippen LogP contribution in [0.25, 0.3) is 28.2 Å². The van der Waals surface area contributed by atoms with E-state index >= 15 is 0 Å². The van der Waals surface area contributed by atoms with Crippen LogP contribution >= 0.6 is 0 Å². The van der Waals surface area contributed by atoms with Gasteiger partial charge in [-0.1, -0.05) is 60.7 Å². The lowest BCUT2D eigenvalue weighted by atomic mass is 10.1. The molecule has 0 aliphatic carbocycles. The van der Waals surface area contributed by atoms with Gasteiger partial charge in [0.15, 0.2) is 5.65 Å². The molecule has 1 aliphatic heterocycles. The predicted octanol–water partition coefficient (Wildman–Crippen LogP) is 4.66. The monoisotopic (exact) mass is 340 g/mol. The van der Waals surface area contributed by atoms with Crippen molar-refractivity contribution in [2.75, 3.05) is 18.0 Å². The van der Waals surface area contributed by atoms with Gasteiger partial charge in [-0.25, -0.2) is 4.98 Å². The van der Waals surface area contributed by atoms with E-state index < -0.39 is 0 Å². The average molecular weight is 340 g/mol. The number of nitrogens with zero attached hydrogens (tertiary/aromatic N) is 4. The molecule has 26 heavy (non-hydrogen) atoms. The summed E-state index contributed by atoms with van der Waals surface area (Å²) in [7, 11) is 0. The van der Waals surface area contributed by atoms with Crippen molar-refractivity contribution in [3.8, 4) is 22.5 Å². The molecule has 0 saturated carbocycles. The maximum atomic E-state index is 4.90. The van der Waals surface area contributed by atoms with E-state index in [0.29, 0.717) is 0 Å². The highest BCUT2D eigenvalue weighted by atomic mass is 15.4. The molecule has 0 bridgehead atoms. The van der Waals surface area contributed by atoms with Gasteiger partial charge in [-0.3, -0.25) is 0 Å². The average Bonchev–Trinajstić information content (AvgIpc) is 3.38. The SMILES string of the molecule is c1ccc(-c2cc(N3CCCC3)n3nc(-c4ccccc4)cc3n2)cc1. The zero-order valence-corrected chi connectivity index (χ0v) is 14.5. The molecule has 2 aromatic heterocycles. The van der Waals surface area contributed by atoms with E-state index in [9.17, 15) is 0 Å². The Kier molecular flexibility index (Phi) is 3.67. The van der Waals surface area contributed by atoms with Gasteiger partial charge in [0.25, 0.3) is 0 Å². The van der Waals surface area contributed by atoms with Crippen molar-refractivity contribution in [2.24, 2.45) is 0 Å². The van der Waals surface area contributed by atoms with Crippen molar-refractivity contribution in [1.82, 2.24) is 14.6 Å². The fourth-order valence-electron chi connectivity index (χ4n) is 3.64. The van der Waals surface area contributed by atoms with Crippen LogP contribution in [0.4, 0.5) is 5.82 Å². The van der Waals surface area contributed by atoms with Crippen LogP contribution < -0.4 is 4.90 Å². The Morgan fingerprint density at radius 3 is 1.96 bits per heavy atom. The molecule has 0 spiro atoms. The third-order valence-corrected chi connectivity index (χ3v) is 4.98. The summed E-state index contributed by atoms with van der Waals surface area (Å²) >= 11 is 0. The van der Waals surface area contributed by atoms with Crippen LogP contribution in [0.15, 0.2) is 72.8 Å². The molecule has 0 atom stereocenters. The number of rotatable bonds is 3. The fourth-order valence-corrected chi connectivity index (χ4v) is 3.64. The number of anilines is 1. The van der Waals surface area contributed by atoms with Crippen LogP contribution in [0.5, 0.6) is 0 Å². The first-order valence-electron chi connectivity index (χ1n) is 9.15. The maximum Gasteiger partial charge on any atom is 0.158 e. The molecule has 1 fully saturated rings. The summed E-state index contributed by atoms with van der Waals surface area (Å²) in [6.45, 7) is 2.15. The minimum atomic E-state index is 0.895. The van der Waals surface area contributed by atoms with E-state index in [1.165, 1.54) is 12.8 Å². The van der Waals surface area contributed by atoms with Crippen molar-refractivity contribution in [3.05, 3.63) is 72.8 Å². The fraction of sp³-hybridized carbons (Fsp3) is 0.182. The molecule has 0 radical (unpaired) electrons. The Labute approximate surface area is 152 Å². The number of hydrogen-bond acceptors (Lipinski definition) is 3. The first kappa shape index (κ1) is 15.1. The molecule has 4 heteroatoms. The van der Waals surface area contributed by atoms with Crippen molar-refractivity contribution >= 4 is 11.5 Å². The minimum Gasteiger partial charge on any atom is -0.356 e. The lowest BCUT2D eigenvalue weighted by molar-refractivity contribution is 0.854. The van der Waals surface area contributed by atoms with Gasteiger partial charge < -0.3 is 4.90 Å². The summed E-state index contributed by atoms with van der Waals surface area (Å²) in [4.78, 5) is 7.32. The van der Waals surface area contributed by atoms with Crippen LogP contribution in [-0.4, -0.2) is 27.7 Å². The summed E-state index contributed by atoms with van der Waals surface area (Å²) in [5.74, 6) is 1.13. The molecule has 4 nitrogen and oxygen atoms in total. The molecule has 3 heterocycles. The Morgan fingerprint density at radius 2 is 1.31 bits per heavy atom. The molecule has 128 valence electrons. The van der Waals surface area contributed by atoms with Gasteiger partial charge in [0.1, 0.15) is 5.82 Å². The van der Waals surface area contributed by atoms with Gasteiger partial charge in [0, 0.05) is 36.3 Å². The normalized spacial score (nSPS) is 14.2. The molecule has 1 saturated heterocycles. The smallest absolute Gasteiger partial charge is 0.158 e. The van der Waals surface area contributed by atoms with Crippen molar-refractivity contribution in [2.45, 2.75) is 12.8 Å². The Hall–Kier alpha value is -3.14. The summed E-state index contributed by atoms with van der Waals surface area (Å²) < 4.78 is 2.00. The lowest BCUT2D eigenvalue weighted by Gasteiger charge is -2.19. The summed E-state index contributed by atoms with van der Waals surface area (Å²) in [6.07, 6.45) is 2.47. The van der Waals surface area contributed by atoms with E-state index in [0.717, 1.165) is 47.1 Å². The number of hydrogen-bond donors (Lipinski definition) is 0.